The Bertz CT molecular complexity index is 408. The van der Waals surface area contributed by atoms with Gasteiger partial charge in [-0.25, -0.2) is 4.98 Å². The van der Waals surface area contributed by atoms with E-state index in [1.165, 1.54) is 64.2 Å². The molecule has 0 aliphatic carbocycles. The molecule has 0 atom stereocenters. The first-order valence-electron chi connectivity index (χ1n) is 9.36. The van der Waals surface area contributed by atoms with Crippen molar-refractivity contribution in [3.05, 3.63) is 18.2 Å². The summed E-state index contributed by atoms with van der Waals surface area (Å²) in [5.74, 6) is 1.12. The minimum Gasteiger partial charge on any atom is -0.418 e. The zero-order valence-electron chi connectivity index (χ0n) is 15.3. The van der Waals surface area contributed by atoms with Gasteiger partial charge in [0.2, 0.25) is 0 Å². The Morgan fingerprint density at radius 2 is 1.40 bits per heavy atom. The third-order valence-corrected chi connectivity index (χ3v) is 3.90. The molecule has 0 radical (unpaired) electrons. The summed E-state index contributed by atoms with van der Waals surface area (Å²) in [7, 11) is -6.00. The summed E-state index contributed by atoms with van der Waals surface area (Å²) in [6.45, 7) is 3.14. The van der Waals surface area contributed by atoms with Gasteiger partial charge in [-0.1, -0.05) is 64.7 Å². The Morgan fingerprint density at radius 3 is 1.88 bits per heavy atom. The van der Waals surface area contributed by atoms with Crippen LogP contribution in [0.5, 0.6) is 0 Å². The first-order chi connectivity index (χ1) is 11.9. The van der Waals surface area contributed by atoms with E-state index in [4.69, 9.17) is 5.11 Å². The fourth-order valence-corrected chi connectivity index (χ4v) is 2.65. The van der Waals surface area contributed by atoms with Crippen molar-refractivity contribution in [2.45, 2.75) is 84.1 Å². The van der Waals surface area contributed by atoms with Crippen molar-refractivity contribution in [2.24, 2.45) is 0 Å². The second-order valence-electron chi connectivity index (χ2n) is 6.19. The van der Waals surface area contributed by atoms with E-state index in [9.17, 15) is 17.3 Å². The zero-order valence-corrected chi connectivity index (χ0v) is 15.3. The Kier molecular flexibility index (Phi) is 14.6. The summed E-state index contributed by atoms with van der Waals surface area (Å²) in [6.07, 6.45) is 18.5. The lowest BCUT2D eigenvalue weighted by atomic mass is 10.1. The maximum Gasteiger partial charge on any atom is 0.673 e. The van der Waals surface area contributed by atoms with Gasteiger partial charge in [0.25, 0.3) is 0 Å². The number of hydrogen-bond donors (Lipinski definition) is 1. The van der Waals surface area contributed by atoms with Crippen LogP contribution in [0.3, 0.4) is 0 Å². The van der Waals surface area contributed by atoms with E-state index in [1.807, 2.05) is 12.4 Å². The second-order valence-corrected chi connectivity index (χ2v) is 6.19. The number of aromatic nitrogens is 2. The standard InChI is InChI=1S/C17H32N2O.BF4/c1-2-3-4-5-6-7-8-9-10-11-12-17-18-13-14-19(17)15-16-20;2-1(3,4)5/h13-14,20H,2-12,15-16H2,1H3;/q;-1. The fraction of sp³-hybridized carbons (Fsp3) is 0.824. The average molecular weight is 367 g/mol. The van der Waals surface area contributed by atoms with E-state index in [-0.39, 0.29) is 6.61 Å². The second kappa shape index (κ2) is 15.2. The average Bonchev–Trinajstić information content (AvgIpc) is 2.95. The van der Waals surface area contributed by atoms with Crippen LogP contribution >= 0.6 is 0 Å². The number of aliphatic hydroxyl groups excluding tert-OH is 1. The van der Waals surface area contributed by atoms with Crippen LogP contribution in [0.4, 0.5) is 17.3 Å². The van der Waals surface area contributed by atoms with Crippen molar-refractivity contribution in [1.29, 1.82) is 0 Å². The van der Waals surface area contributed by atoms with Crippen LogP contribution in [-0.4, -0.2) is 28.5 Å². The molecule has 0 aliphatic rings. The predicted octanol–water partition coefficient (Wildman–Crippen LogP) is 5.64. The largest absolute Gasteiger partial charge is 0.673 e. The quantitative estimate of drug-likeness (QED) is 0.278. The van der Waals surface area contributed by atoms with Crippen LogP contribution in [0.2, 0.25) is 0 Å². The molecule has 148 valence electrons. The molecule has 0 bridgehead atoms. The van der Waals surface area contributed by atoms with Gasteiger partial charge in [-0.15, -0.1) is 0 Å². The summed E-state index contributed by atoms with van der Waals surface area (Å²) in [4.78, 5) is 4.36. The summed E-state index contributed by atoms with van der Waals surface area (Å²) in [5.41, 5.74) is 0. The highest BCUT2D eigenvalue weighted by Crippen LogP contribution is 2.12. The molecule has 0 saturated carbocycles. The first-order valence-corrected chi connectivity index (χ1v) is 9.36. The maximum atomic E-state index is 9.75. The molecule has 1 N–H and O–H groups in total. The van der Waals surface area contributed by atoms with Gasteiger partial charge in [-0.3, -0.25) is 0 Å². The van der Waals surface area contributed by atoms with Gasteiger partial charge in [0, 0.05) is 25.4 Å². The molecular formula is C17H32BF4N2O-. The summed E-state index contributed by atoms with van der Waals surface area (Å²) in [5, 5.41) is 8.96. The SMILES string of the molecule is CCCCCCCCCCCCc1nccn1CCO.F[B-](F)(F)F. The molecule has 3 nitrogen and oxygen atoms in total. The number of unbranched alkanes of at least 4 members (excludes halogenated alkanes) is 9. The van der Waals surface area contributed by atoms with E-state index in [0.29, 0.717) is 6.54 Å². The Morgan fingerprint density at radius 1 is 0.920 bits per heavy atom. The number of aryl methyl sites for hydroxylation is 1. The minimum atomic E-state index is -6.00. The smallest absolute Gasteiger partial charge is 0.418 e. The lowest BCUT2D eigenvalue weighted by Gasteiger charge is -2.06. The van der Waals surface area contributed by atoms with Crippen LogP contribution in [0.25, 0.3) is 0 Å². The van der Waals surface area contributed by atoms with Gasteiger partial charge >= 0.3 is 7.25 Å². The molecule has 0 fully saturated rings. The first kappa shape index (κ1) is 24.0. The van der Waals surface area contributed by atoms with Crippen LogP contribution in [0.1, 0.15) is 77.0 Å². The Labute approximate surface area is 148 Å². The lowest BCUT2D eigenvalue weighted by Crippen LogP contribution is -2.06. The molecular weight excluding hydrogens is 335 g/mol. The predicted molar refractivity (Wildman–Crippen MR) is 95.0 cm³/mol. The monoisotopic (exact) mass is 367 g/mol. The van der Waals surface area contributed by atoms with Crippen molar-refractivity contribution < 1.29 is 22.4 Å². The van der Waals surface area contributed by atoms with Gasteiger partial charge in [0.05, 0.1) is 6.61 Å². The Balaban J connectivity index is 0.00000101. The van der Waals surface area contributed by atoms with E-state index in [2.05, 4.69) is 16.5 Å². The summed E-state index contributed by atoms with van der Waals surface area (Å²) < 4.78 is 41.1. The van der Waals surface area contributed by atoms with Gasteiger partial charge in [0.1, 0.15) is 5.82 Å². The Hall–Kier alpha value is -1.05. The lowest BCUT2D eigenvalue weighted by molar-refractivity contribution is 0.274. The molecule has 0 aliphatic heterocycles. The molecule has 0 spiro atoms. The van der Waals surface area contributed by atoms with Crippen LogP contribution in [0, 0.1) is 0 Å². The minimum absolute atomic E-state index is 0.196. The van der Waals surface area contributed by atoms with Crippen molar-refractivity contribution >= 4 is 7.25 Å². The number of nitrogens with zero attached hydrogens (tertiary/aromatic N) is 2. The fourth-order valence-electron chi connectivity index (χ4n) is 2.65. The van der Waals surface area contributed by atoms with Crippen LogP contribution < -0.4 is 0 Å². The van der Waals surface area contributed by atoms with Crippen molar-refractivity contribution in [3.63, 3.8) is 0 Å². The summed E-state index contributed by atoms with van der Waals surface area (Å²) in [6, 6.07) is 0. The third-order valence-electron chi connectivity index (χ3n) is 3.90. The third kappa shape index (κ3) is 17.6. The van der Waals surface area contributed by atoms with E-state index < -0.39 is 7.25 Å². The zero-order chi connectivity index (χ0) is 19.0. The topological polar surface area (TPSA) is 38.0 Å². The van der Waals surface area contributed by atoms with E-state index in [0.717, 1.165) is 12.2 Å². The number of aliphatic hydroxyl groups is 1. The maximum absolute atomic E-state index is 9.75. The van der Waals surface area contributed by atoms with E-state index >= 15 is 0 Å². The molecule has 1 heterocycles. The molecule has 1 aromatic rings. The van der Waals surface area contributed by atoms with Crippen LogP contribution in [0.15, 0.2) is 12.4 Å². The molecule has 0 aromatic carbocycles. The molecule has 25 heavy (non-hydrogen) atoms. The summed E-state index contributed by atoms with van der Waals surface area (Å²) >= 11 is 0. The van der Waals surface area contributed by atoms with Crippen molar-refractivity contribution in [1.82, 2.24) is 9.55 Å². The van der Waals surface area contributed by atoms with E-state index in [1.54, 1.807) is 0 Å². The van der Waals surface area contributed by atoms with Gasteiger partial charge < -0.3 is 26.9 Å². The molecule has 1 aromatic heterocycles. The highest BCUT2D eigenvalue weighted by atomic mass is 19.5. The van der Waals surface area contributed by atoms with Crippen LogP contribution in [-0.2, 0) is 13.0 Å². The number of hydrogen-bond acceptors (Lipinski definition) is 2. The number of halogens is 4. The number of rotatable bonds is 13. The molecule has 1 rings (SSSR count). The molecule has 0 saturated heterocycles. The van der Waals surface area contributed by atoms with Crippen molar-refractivity contribution in [2.75, 3.05) is 6.61 Å². The highest BCUT2D eigenvalue weighted by Gasteiger charge is 2.20. The van der Waals surface area contributed by atoms with Gasteiger partial charge in [0.15, 0.2) is 0 Å². The van der Waals surface area contributed by atoms with Crippen molar-refractivity contribution in [3.8, 4) is 0 Å². The van der Waals surface area contributed by atoms with Gasteiger partial charge in [-0.05, 0) is 6.42 Å². The number of imidazole rings is 1. The highest BCUT2D eigenvalue weighted by molar-refractivity contribution is 6.50. The molecule has 8 heteroatoms. The molecule has 0 unspecified atom stereocenters. The van der Waals surface area contributed by atoms with Gasteiger partial charge in [-0.2, -0.15) is 0 Å². The normalized spacial score (nSPS) is 11.3. The molecule has 0 amide bonds.